The molecule has 0 saturated heterocycles. The Kier molecular flexibility index (Phi) is 6.46. The molecule has 1 aromatic heterocycles. The van der Waals surface area contributed by atoms with Crippen molar-refractivity contribution in [2.24, 2.45) is 0 Å². The van der Waals surface area contributed by atoms with Gasteiger partial charge in [-0.1, -0.05) is 18.2 Å². The van der Waals surface area contributed by atoms with Gasteiger partial charge in [0, 0.05) is 30.7 Å². The Morgan fingerprint density at radius 3 is 2.33 bits per heavy atom. The maximum atomic E-state index is 12.7. The van der Waals surface area contributed by atoms with Crippen LogP contribution < -0.4 is 19.5 Å². The van der Waals surface area contributed by atoms with Gasteiger partial charge in [-0.05, 0) is 23.8 Å². The predicted molar refractivity (Wildman–Crippen MR) is 113 cm³/mol. The van der Waals surface area contributed by atoms with Crippen molar-refractivity contribution < 1.29 is 23.8 Å². The zero-order valence-electron chi connectivity index (χ0n) is 17.4. The van der Waals surface area contributed by atoms with Crippen LogP contribution in [0.25, 0.3) is 10.9 Å². The molecule has 0 unspecified atom stereocenters. The van der Waals surface area contributed by atoms with Crippen LogP contribution in [0.2, 0.25) is 0 Å². The lowest BCUT2D eigenvalue weighted by Crippen LogP contribution is -2.38. The molecule has 0 aliphatic heterocycles. The number of amides is 2. The molecule has 0 aliphatic carbocycles. The van der Waals surface area contributed by atoms with Gasteiger partial charge < -0.3 is 29.4 Å². The number of hydrogen-bond donors (Lipinski definition) is 2. The molecular weight excluding hydrogens is 386 g/mol. The van der Waals surface area contributed by atoms with Crippen molar-refractivity contribution in [2.45, 2.75) is 6.54 Å². The minimum atomic E-state index is -0.278. The zero-order valence-corrected chi connectivity index (χ0v) is 17.4. The molecule has 0 fully saturated rings. The molecule has 1 heterocycles. The number of carbonyl (C=O) groups excluding carboxylic acids is 2. The number of carbonyl (C=O) groups is 2. The Hall–Kier alpha value is -3.68. The average molecular weight is 411 g/mol. The Morgan fingerprint density at radius 1 is 1.03 bits per heavy atom. The van der Waals surface area contributed by atoms with E-state index < -0.39 is 0 Å². The lowest BCUT2D eigenvalue weighted by molar-refractivity contribution is -0.121. The molecule has 8 heteroatoms. The third-order valence-corrected chi connectivity index (χ3v) is 4.76. The first kappa shape index (κ1) is 21.0. The summed E-state index contributed by atoms with van der Waals surface area (Å²) in [5.74, 6) is 0.995. The summed E-state index contributed by atoms with van der Waals surface area (Å²) >= 11 is 0. The van der Waals surface area contributed by atoms with Crippen LogP contribution in [0.5, 0.6) is 17.2 Å². The highest BCUT2D eigenvalue weighted by molar-refractivity contribution is 6.07. The monoisotopic (exact) mass is 411 g/mol. The first-order valence-corrected chi connectivity index (χ1v) is 9.35. The lowest BCUT2D eigenvalue weighted by Gasteiger charge is -2.17. The first-order chi connectivity index (χ1) is 14.5. The average Bonchev–Trinajstić information content (AvgIpc) is 3.20. The van der Waals surface area contributed by atoms with E-state index in [1.807, 2.05) is 24.3 Å². The van der Waals surface area contributed by atoms with E-state index in [0.717, 1.165) is 16.5 Å². The van der Waals surface area contributed by atoms with Crippen molar-refractivity contribution >= 4 is 22.7 Å². The van der Waals surface area contributed by atoms with Crippen LogP contribution in [0.15, 0.2) is 42.6 Å². The molecule has 158 valence electrons. The summed E-state index contributed by atoms with van der Waals surface area (Å²) in [5, 5.41) is 3.64. The van der Waals surface area contributed by atoms with Crippen LogP contribution in [0.1, 0.15) is 15.9 Å². The smallest absolute Gasteiger partial charge is 0.256 e. The number of fused-ring (bicyclic) bond motifs is 1. The van der Waals surface area contributed by atoms with Crippen molar-refractivity contribution in [3.63, 3.8) is 0 Å². The molecule has 0 radical (unpaired) electrons. The molecule has 0 spiro atoms. The van der Waals surface area contributed by atoms with E-state index in [0.29, 0.717) is 22.8 Å². The molecule has 2 amide bonds. The van der Waals surface area contributed by atoms with E-state index in [1.54, 1.807) is 25.4 Å². The Balaban J connectivity index is 1.63. The number of likely N-dealkylation sites (N-methyl/N-ethyl adjacent to an activating group) is 1. The van der Waals surface area contributed by atoms with Gasteiger partial charge in [0.05, 0.1) is 33.4 Å². The van der Waals surface area contributed by atoms with E-state index in [-0.39, 0.29) is 24.9 Å². The Labute approximate surface area is 174 Å². The minimum absolute atomic E-state index is 0.0667. The third kappa shape index (κ3) is 4.32. The van der Waals surface area contributed by atoms with E-state index in [4.69, 9.17) is 14.2 Å². The highest BCUT2D eigenvalue weighted by Crippen LogP contribution is 2.38. The van der Waals surface area contributed by atoms with E-state index in [2.05, 4.69) is 10.3 Å². The fraction of sp³-hybridized carbons (Fsp3) is 0.273. The van der Waals surface area contributed by atoms with Gasteiger partial charge in [-0.2, -0.15) is 0 Å². The molecule has 8 nitrogen and oxygen atoms in total. The highest BCUT2D eigenvalue weighted by Gasteiger charge is 2.19. The molecule has 30 heavy (non-hydrogen) atoms. The normalized spacial score (nSPS) is 10.5. The standard InChI is InChI=1S/C22H25N3O5/c1-25(22(27)16-12-23-17-8-6-5-7-15(16)17)13-20(26)24-11-14-9-18(28-2)21(30-4)19(10-14)29-3/h5-10,12,23H,11,13H2,1-4H3,(H,24,26). The SMILES string of the molecule is COc1cc(CNC(=O)CN(C)C(=O)c2c[nH]c3ccccc23)cc(OC)c1OC. The largest absolute Gasteiger partial charge is 0.493 e. The van der Waals surface area contributed by atoms with Crippen LogP contribution in [0, 0.1) is 0 Å². The maximum Gasteiger partial charge on any atom is 0.256 e. The molecule has 0 bridgehead atoms. The molecule has 0 aliphatic rings. The van der Waals surface area contributed by atoms with Crippen molar-refractivity contribution in [2.75, 3.05) is 34.9 Å². The number of para-hydroxylation sites is 1. The number of aromatic nitrogens is 1. The topological polar surface area (TPSA) is 92.9 Å². The molecule has 0 saturated carbocycles. The van der Waals surface area contributed by atoms with Crippen LogP contribution >= 0.6 is 0 Å². The number of methoxy groups -OCH3 is 3. The summed E-state index contributed by atoms with van der Waals surface area (Å²) in [5.41, 5.74) is 2.19. The van der Waals surface area contributed by atoms with Gasteiger partial charge in [-0.25, -0.2) is 0 Å². The molecule has 3 rings (SSSR count). The maximum absolute atomic E-state index is 12.7. The number of nitrogens with zero attached hydrogens (tertiary/aromatic N) is 1. The third-order valence-electron chi connectivity index (χ3n) is 4.76. The summed E-state index contributed by atoms with van der Waals surface area (Å²) in [6.07, 6.45) is 1.66. The molecule has 0 atom stereocenters. The van der Waals surface area contributed by atoms with Crippen LogP contribution in [0.4, 0.5) is 0 Å². The number of rotatable bonds is 8. The highest BCUT2D eigenvalue weighted by atomic mass is 16.5. The number of benzene rings is 2. The van der Waals surface area contributed by atoms with Gasteiger partial charge in [0.1, 0.15) is 0 Å². The number of nitrogens with one attached hydrogen (secondary N) is 2. The summed E-state index contributed by atoms with van der Waals surface area (Å²) < 4.78 is 15.9. The lowest BCUT2D eigenvalue weighted by atomic mass is 10.1. The van der Waals surface area contributed by atoms with E-state index in [9.17, 15) is 9.59 Å². The van der Waals surface area contributed by atoms with Crippen LogP contribution in [-0.2, 0) is 11.3 Å². The quantitative estimate of drug-likeness (QED) is 0.594. The second-order valence-corrected chi connectivity index (χ2v) is 6.72. The fourth-order valence-electron chi connectivity index (χ4n) is 3.24. The van der Waals surface area contributed by atoms with Crippen molar-refractivity contribution in [1.29, 1.82) is 0 Å². The summed E-state index contributed by atoms with van der Waals surface area (Å²) in [7, 11) is 6.20. The van der Waals surface area contributed by atoms with Gasteiger partial charge >= 0.3 is 0 Å². The first-order valence-electron chi connectivity index (χ1n) is 9.35. The summed E-state index contributed by atoms with van der Waals surface area (Å²) in [6.45, 7) is 0.188. The second-order valence-electron chi connectivity index (χ2n) is 6.72. The second kappa shape index (κ2) is 9.21. The Bertz CT molecular complexity index is 1030. The Morgan fingerprint density at radius 2 is 1.70 bits per heavy atom. The predicted octanol–water partition coefficient (Wildman–Crippen LogP) is 2.58. The number of ether oxygens (including phenoxy) is 3. The number of aromatic amines is 1. The van der Waals surface area contributed by atoms with Gasteiger partial charge in [0.15, 0.2) is 11.5 Å². The molecule has 3 aromatic rings. The van der Waals surface area contributed by atoms with E-state index in [1.165, 1.54) is 26.2 Å². The van der Waals surface area contributed by atoms with E-state index >= 15 is 0 Å². The minimum Gasteiger partial charge on any atom is -0.493 e. The van der Waals surface area contributed by atoms with Crippen LogP contribution in [0.3, 0.4) is 0 Å². The van der Waals surface area contributed by atoms with Crippen molar-refractivity contribution in [1.82, 2.24) is 15.2 Å². The van der Waals surface area contributed by atoms with Gasteiger partial charge in [-0.15, -0.1) is 0 Å². The van der Waals surface area contributed by atoms with Gasteiger partial charge in [0.25, 0.3) is 5.91 Å². The molecule has 2 N–H and O–H groups in total. The van der Waals surface area contributed by atoms with Gasteiger partial charge in [0.2, 0.25) is 11.7 Å². The fourth-order valence-corrected chi connectivity index (χ4v) is 3.24. The molecular formula is C22H25N3O5. The van der Waals surface area contributed by atoms with Gasteiger partial charge in [-0.3, -0.25) is 9.59 Å². The number of hydrogen-bond acceptors (Lipinski definition) is 5. The number of H-pyrrole nitrogens is 1. The summed E-state index contributed by atoms with van der Waals surface area (Å²) in [4.78, 5) is 29.6. The van der Waals surface area contributed by atoms with Crippen LogP contribution in [-0.4, -0.2) is 56.6 Å². The molecule has 2 aromatic carbocycles. The zero-order chi connectivity index (χ0) is 21.7. The van der Waals surface area contributed by atoms with Crippen molar-refractivity contribution in [3.8, 4) is 17.2 Å². The van der Waals surface area contributed by atoms with Crippen molar-refractivity contribution in [3.05, 3.63) is 53.7 Å². The summed E-state index contributed by atoms with van der Waals surface area (Å²) in [6, 6.07) is 11.1.